The van der Waals surface area contributed by atoms with Crippen molar-refractivity contribution in [3.63, 3.8) is 0 Å². The Morgan fingerprint density at radius 2 is 1.85 bits per heavy atom. The number of carbonyl (C=O) groups excluding carboxylic acids is 1. The lowest BCUT2D eigenvalue weighted by molar-refractivity contribution is -0.384. The van der Waals surface area contributed by atoms with E-state index in [1.54, 1.807) is 6.07 Å². The standard InChI is InChI=1S/C17H12F3N3O3/c18-17(19,20)13-6-1-2-7-15(13)22-9-8-14(21-16(22)24)11-4-3-5-12(10-11)23(25)26/h1-8,10H,9H2,(H,21,24). The van der Waals surface area contributed by atoms with E-state index in [0.29, 0.717) is 11.3 Å². The van der Waals surface area contributed by atoms with Gasteiger partial charge in [-0.1, -0.05) is 24.3 Å². The van der Waals surface area contributed by atoms with Gasteiger partial charge in [0.25, 0.3) is 5.69 Å². The summed E-state index contributed by atoms with van der Waals surface area (Å²) in [5, 5.41) is 13.3. The van der Waals surface area contributed by atoms with Crippen molar-refractivity contribution in [1.82, 2.24) is 5.32 Å². The fraction of sp³-hybridized carbons (Fsp3) is 0.118. The van der Waals surface area contributed by atoms with Crippen LogP contribution in [-0.2, 0) is 6.18 Å². The molecule has 0 atom stereocenters. The summed E-state index contributed by atoms with van der Waals surface area (Å²) in [5.74, 6) is 0. The zero-order chi connectivity index (χ0) is 18.9. The average molecular weight is 363 g/mol. The molecule has 1 aliphatic rings. The minimum atomic E-state index is -4.60. The van der Waals surface area contributed by atoms with Crippen molar-refractivity contribution in [1.29, 1.82) is 0 Å². The van der Waals surface area contributed by atoms with Crippen LogP contribution in [0.1, 0.15) is 11.1 Å². The zero-order valence-electron chi connectivity index (χ0n) is 13.2. The number of hydrogen-bond acceptors (Lipinski definition) is 3. The maximum absolute atomic E-state index is 13.2. The molecule has 26 heavy (non-hydrogen) atoms. The number of carbonyl (C=O) groups is 1. The summed E-state index contributed by atoms with van der Waals surface area (Å²) in [6.07, 6.45) is -3.09. The second-order valence-corrected chi connectivity index (χ2v) is 5.48. The van der Waals surface area contributed by atoms with Crippen molar-refractivity contribution in [3.05, 3.63) is 75.8 Å². The van der Waals surface area contributed by atoms with Gasteiger partial charge in [-0.05, 0) is 18.2 Å². The van der Waals surface area contributed by atoms with Crippen molar-refractivity contribution in [2.75, 3.05) is 11.4 Å². The van der Waals surface area contributed by atoms with Crippen molar-refractivity contribution < 1.29 is 22.9 Å². The van der Waals surface area contributed by atoms with Gasteiger partial charge in [0.15, 0.2) is 0 Å². The van der Waals surface area contributed by atoms with Gasteiger partial charge >= 0.3 is 12.2 Å². The normalized spacial score (nSPS) is 14.7. The van der Waals surface area contributed by atoms with Crippen LogP contribution in [0.5, 0.6) is 0 Å². The van der Waals surface area contributed by atoms with Crippen molar-refractivity contribution in [2.45, 2.75) is 6.18 Å². The van der Waals surface area contributed by atoms with E-state index in [9.17, 15) is 28.1 Å². The van der Waals surface area contributed by atoms with Gasteiger partial charge in [0.1, 0.15) is 0 Å². The van der Waals surface area contributed by atoms with Gasteiger partial charge in [0.2, 0.25) is 0 Å². The topological polar surface area (TPSA) is 75.5 Å². The maximum Gasteiger partial charge on any atom is 0.418 e. The molecular weight excluding hydrogens is 351 g/mol. The predicted molar refractivity (Wildman–Crippen MR) is 88.4 cm³/mol. The van der Waals surface area contributed by atoms with E-state index in [2.05, 4.69) is 5.32 Å². The van der Waals surface area contributed by atoms with E-state index in [1.807, 2.05) is 0 Å². The van der Waals surface area contributed by atoms with Crippen LogP contribution in [0.4, 0.5) is 29.3 Å². The monoisotopic (exact) mass is 363 g/mol. The molecule has 0 unspecified atom stereocenters. The molecule has 0 saturated carbocycles. The summed E-state index contributed by atoms with van der Waals surface area (Å²) in [4.78, 5) is 23.6. The van der Waals surface area contributed by atoms with Crippen LogP contribution in [0.15, 0.2) is 54.6 Å². The average Bonchev–Trinajstić information content (AvgIpc) is 2.61. The molecule has 6 nitrogen and oxygen atoms in total. The first kappa shape index (κ1) is 17.5. The van der Waals surface area contributed by atoms with E-state index >= 15 is 0 Å². The zero-order valence-corrected chi connectivity index (χ0v) is 13.2. The Hall–Kier alpha value is -3.36. The number of non-ortho nitro benzene ring substituents is 1. The number of nitrogens with zero attached hydrogens (tertiary/aromatic N) is 2. The highest BCUT2D eigenvalue weighted by atomic mass is 19.4. The summed E-state index contributed by atoms with van der Waals surface area (Å²) in [7, 11) is 0. The van der Waals surface area contributed by atoms with Gasteiger partial charge in [-0.25, -0.2) is 4.79 Å². The number of benzene rings is 2. The molecule has 1 heterocycles. The first-order valence-corrected chi connectivity index (χ1v) is 7.47. The van der Waals surface area contributed by atoms with Gasteiger partial charge in [-0.2, -0.15) is 13.2 Å². The molecule has 0 saturated heterocycles. The van der Waals surface area contributed by atoms with Gasteiger partial charge in [-0.15, -0.1) is 0 Å². The first-order valence-electron chi connectivity index (χ1n) is 7.47. The van der Waals surface area contributed by atoms with Crippen LogP contribution in [-0.4, -0.2) is 17.5 Å². The summed E-state index contributed by atoms with van der Waals surface area (Å²) < 4.78 is 39.5. The van der Waals surface area contributed by atoms with E-state index in [4.69, 9.17) is 0 Å². The fourth-order valence-corrected chi connectivity index (χ4v) is 2.63. The number of amides is 2. The molecule has 2 amide bonds. The summed E-state index contributed by atoms with van der Waals surface area (Å²) in [6, 6.07) is 9.66. The van der Waals surface area contributed by atoms with Gasteiger partial charge in [0, 0.05) is 29.9 Å². The van der Waals surface area contributed by atoms with E-state index in [0.717, 1.165) is 11.0 Å². The number of nitro groups is 1. The molecule has 134 valence electrons. The number of nitro benzene ring substituents is 1. The molecule has 1 N–H and O–H groups in total. The van der Waals surface area contributed by atoms with Crippen LogP contribution in [0.25, 0.3) is 5.70 Å². The molecule has 3 rings (SSSR count). The Morgan fingerprint density at radius 3 is 2.50 bits per heavy atom. The molecule has 0 fully saturated rings. The Morgan fingerprint density at radius 1 is 1.12 bits per heavy atom. The number of alkyl halides is 3. The fourth-order valence-electron chi connectivity index (χ4n) is 2.63. The minimum absolute atomic E-state index is 0.100. The van der Waals surface area contributed by atoms with E-state index in [1.165, 1.54) is 42.5 Å². The molecule has 2 aromatic carbocycles. The number of rotatable bonds is 3. The van der Waals surface area contributed by atoms with Crippen LogP contribution < -0.4 is 10.2 Å². The number of para-hydroxylation sites is 1. The smallest absolute Gasteiger partial charge is 0.307 e. The third kappa shape index (κ3) is 3.37. The minimum Gasteiger partial charge on any atom is -0.307 e. The van der Waals surface area contributed by atoms with Crippen LogP contribution in [0, 0.1) is 10.1 Å². The predicted octanol–water partition coefficient (Wildman–Crippen LogP) is 4.18. The Labute approximate surface area is 145 Å². The van der Waals surface area contributed by atoms with Crippen molar-refractivity contribution in [3.8, 4) is 0 Å². The van der Waals surface area contributed by atoms with Gasteiger partial charge < -0.3 is 5.32 Å². The van der Waals surface area contributed by atoms with E-state index < -0.39 is 22.7 Å². The molecule has 0 spiro atoms. The number of urea groups is 1. The van der Waals surface area contributed by atoms with Crippen molar-refractivity contribution in [2.24, 2.45) is 0 Å². The Bertz CT molecular complexity index is 909. The van der Waals surface area contributed by atoms with Crippen LogP contribution in [0.3, 0.4) is 0 Å². The summed E-state index contributed by atoms with van der Waals surface area (Å²) in [5.41, 5.74) is -0.618. The summed E-state index contributed by atoms with van der Waals surface area (Å²) in [6.45, 7) is -0.100. The molecular formula is C17H12F3N3O3. The number of nitrogens with one attached hydrogen (secondary N) is 1. The van der Waals surface area contributed by atoms with E-state index in [-0.39, 0.29) is 17.9 Å². The molecule has 0 radical (unpaired) electrons. The highest BCUT2D eigenvalue weighted by Crippen LogP contribution is 2.37. The third-order valence-electron chi connectivity index (χ3n) is 3.83. The molecule has 0 aromatic heterocycles. The lowest BCUT2D eigenvalue weighted by atomic mass is 10.1. The van der Waals surface area contributed by atoms with Gasteiger partial charge in [-0.3, -0.25) is 15.0 Å². The lowest BCUT2D eigenvalue weighted by Gasteiger charge is -2.29. The van der Waals surface area contributed by atoms with Crippen molar-refractivity contribution >= 4 is 23.1 Å². The highest BCUT2D eigenvalue weighted by molar-refractivity contribution is 6.00. The van der Waals surface area contributed by atoms with Crippen LogP contribution in [0.2, 0.25) is 0 Å². The summed E-state index contributed by atoms with van der Waals surface area (Å²) >= 11 is 0. The number of halogens is 3. The Kier molecular flexibility index (Phi) is 4.37. The largest absolute Gasteiger partial charge is 0.418 e. The second kappa shape index (κ2) is 6.51. The van der Waals surface area contributed by atoms with Gasteiger partial charge in [0.05, 0.1) is 16.2 Å². The molecule has 9 heteroatoms. The molecule has 2 aromatic rings. The highest BCUT2D eigenvalue weighted by Gasteiger charge is 2.36. The third-order valence-corrected chi connectivity index (χ3v) is 3.83. The maximum atomic E-state index is 13.2. The lowest BCUT2D eigenvalue weighted by Crippen LogP contribution is -2.43. The quantitative estimate of drug-likeness (QED) is 0.656. The SMILES string of the molecule is O=C1NC(c2cccc([N+](=O)[O-])c2)=CCN1c1ccccc1C(F)(F)F. The number of anilines is 1. The molecule has 1 aliphatic heterocycles. The molecule has 0 bridgehead atoms. The number of hydrogen-bond donors (Lipinski definition) is 1. The first-order chi connectivity index (χ1) is 12.3. The Balaban J connectivity index is 1.92. The van der Waals surface area contributed by atoms with Crippen LogP contribution >= 0.6 is 0 Å². The molecule has 0 aliphatic carbocycles. The second-order valence-electron chi connectivity index (χ2n) is 5.48.